The number of rotatable bonds is 4. The smallest absolute Gasteiger partial charge is 0.323 e. The number of carbonyl (C=O) groups excluding carboxylic acids is 3. The van der Waals surface area contributed by atoms with Crippen molar-refractivity contribution >= 4 is 45.8 Å². The quantitative estimate of drug-likeness (QED) is 0.605. The van der Waals surface area contributed by atoms with Crippen LogP contribution in [-0.4, -0.2) is 35.6 Å². The standard InChI is InChI=1S/C20H16F2N2O4S/c1-10-3-6-14-12(7-10)18(26)17(20(27)28-2)19(24-14)29-9-16(25)23-15-8-11(21)4-5-13(15)22/h3-8,17H,9H2,1-2H3,(H,23,25). The van der Waals surface area contributed by atoms with E-state index in [1.807, 2.05) is 6.92 Å². The van der Waals surface area contributed by atoms with Gasteiger partial charge in [0.15, 0.2) is 11.7 Å². The SMILES string of the molecule is COC(=O)C1C(=O)c2cc(C)ccc2N=C1SCC(=O)Nc1cc(F)ccc1F. The number of fused-ring (bicyclic) bond motifs is 1. The van der Waals surface area contributed by atoms with Crippen LogP contribution in [0.1, 0.15) is 15.9 Å². The highest BCUT2D eigenvalue weighted by Gasteiger charge is 2.38. The number of nitrogens with zero attached hydrogens (tertiary/aromatic N) is 1. The van der Waals surface area contributed by atoms with Gasteiger partial charge < -0.3 is 10.1 Å². The third-order valence-corrected chi connectivity index (χ3v) is 5.18. The zero-order valence-corrected chi connectivity index (χ0v) is 16.3. The van der Waals surface area contributed by atoms with Crippen LogP contribution in [0, 0.1) is 24.5 Å². The zero-order chi connectivity index (χ0) is 21.1. The van der Waals surface area contributed by atoms with E-state index in [1.54, 1.807) is 18.2 Å². The number of methoxy groups -OCH3 is 1. The molecule has 1 N–H and O–H groups in total. The number of ether oxygens (including phenoxy) is 1. The number of ketones is 1. The minimum Gasteiger partial charge on any atom is -0.468 e. The number of Topliss-reactive ketones (excluding diaryl/α,β-unsaturated/α-hetero) is 1. The van der Waals surface area contributed by atoms with E-state index in [9.17, 15) is 23.2 Å². The number of halogens is 2. The predicted octanol–water partition coefficient (Wildman–Crippen LogP) is 3.66. The maximum absolute atomic E-state index is 13.7. The number of thioether (sulfide) groups is 1. The summed E-state index contributed by atoms with van der Waals surface area (Å²) in [5, 5.41) is 2.36. The monoisotopic (exact) mass is 418 g/mol. The molecule has 0 saturated heterocycles. The first kappa shape index (κ1) is 20.7. The second-order valence-corrected chi connectivity index (χ2v) is 7.25. The third-order valence-electron chi connectivity index (χ3n) is 4.15. The van der Waals surface area contributed by atoms with E-state index in [2.05, 4.69) is 10.3 Å². The Morgan fingerprint density at radius 3 is 2.69 bits per heavy atom. The summed E-state index contributed by atoms with van der Waals surface area (Å²) in [4.78, 5) is 41.5. The van der Waals surface area contributed by atoms with Gasteiger partial charge >= 0.3 is 5.97 Å². The van der Waals surface area contributed by atoms with E-state index in [4.69, 9.17) is 4.74 Å². The van der Waals surface area contributed by atoms with Crippen molar-refractivity contribution in [2.24, 2.45) is 10.9 Å². The lowest BCUT2D eigenvalue weighted by atomic mass is 9.93. The number of hydrogen-bond acceptors (Lipinski definition) is 6. The van der Waals surface area contributed by atoms with E-state index in [1.165, 1.54) is 0 Å². The highest BCUT2D eigenvalue weighted by atomic mass is 32.2. The maximum atomic E-state index is 13.7. The maximum Gasteiger partial charge on any atom is 0.323 e. The van der Waals surface area contributed by atoms with E-state index < -0.39 is 35.2 Å². The van der Waals surface area contributed by atoms with Crippen molar-refractivity contribution in [2.75, 3.05) is 18.2 Å². The molecule has 2 aromatic carbocycles. The van der Waals surface area contributed by atoms with Gasteiger partial charge in [0.1, 0.15) is 11.6 Å². The summed E-state index contributed by atoms with van der Waals surface area (Å²) in [6.07, 6.45) is 0. The summed E-state index contributed by atoms with van der Waals surface area (Å²) in [6, 6.07) is 7.75. The number of anilines is 1. The number of benzene rings is 2. The predicted molar refractivity (Wildman–Crippen MR) is 106 cm³/mol. The zero-order valence-electron chi connectivity index (χ0n) is 15.5. The van der Waals surface area contributed by atoms with Crippen molar-refractivity contribution in [3.63, 3.8) is 0 Å². The second-order valence-electron chi connectivity index (χ2n) is 6.25. The summed E-state index contributed by atoms with van der Waals surface area (Å²) >= 11 is 0.858. The van der Waals surface area contributed by atoms with Crippen LogP contribution in [0.15, 0.2) is 41.4 Å². The van der Waals surface area contributed by atoms with E-state index in [-0.39, 0.29) is 16.5 Å². The Kier molecular flexibility index (Phi) is 6.07. The molecular weight excluding hydrogens is 402 g/mol. The van der Waals surface area contributed by atoms with Gasteiger partial charge in [-0.2, -0.15) is 0 Å². The first-order valence-corrected chi connectivity index (χ1v) is 9.47. The molecule has 1 aliphatic heterocycles. The van der Waals surface area contributed by atoms with Gasteiger partial charge in [0, 0.05) is 11.6 Å². The molecule has 1 heterocycles. The van der Waals surface area contributed by atoms with Gasteiger partial charge in [0.2, 0.25) is 5.91 Å². The molecule has 0 aliphatic carbocycles. The molecule has 0 spiro atoms. The highest BCUT2D eigenvalue weighted by Crippen LogP contribution is 2.33. The van der Waals surface area contributed by atoms with E-state index >= 15 is 0 Å². The molecular formula is C20H16F2N2O4S. The first-order valence-electron chi connectivity index (χ1n) is 8.49. The Morgan fingerprint density at radius 1 is 1.21 bits per heavy atom. The Hall–Kier alpha value is -3.07. The van der Waals surface area contributed by atoms with Crippen molar-refractivity contribution < 1.29 is 27.9 Å². The average Bonchev–Trinajstić information content (AvgIpc) is 2.69. The van der Waals surface area contributed by atoms with Crippen LogP contribution >= 0.6 is 11.8 Å². The number of nitrogens with one attached hydrogen (secondary N) is 1. The molecule has 3 rings (SSSR count). The summed E-state index contributed by atoms with van der Waals surface area (Å²) < 4.78 is 31.6. The minimum absolute atomic E-state index is 0.105. The second kappa shape index (κ2) is 8.52. The number of aliphatic imine (C=N–C) groups is 1. The van der Waals surface area contributed by atoms with Crippen LogP contribution in [0.5, 0.6) is 0 Å². The van der Waals surface area contributed by atoms with Crippen molar-refractivity contribution in [1.82, 2.24) is 0 Å². The van der Waals surface area contributed by atoms with Gasteiger partial charge in [-0.05, 0) is 31.2 Å². The van der Waals surface area contributed by atoms with E-state index in [0.717, 1.165) is 42.6 Å². The lowest BCUT2D eigenvalue weighted by Gasteiger charge is -2.21. The molecule has 1 unspecified atom stereocenters. The molecule has 0 bridgehead atoms. The highest BCUT2D eigenvalue weighted by molar-refractivity contribution is 8.14. The molecule has 0 aromatic heterocycles. The lowest BCUT2D eigenvalue weighted by Crippen LogP contribution is -2.34. The van der Waals surface area contributed by atoms with Crippen LogP contribution in [-0.2, 0) is 14.3 Å². The summed E-state index contributed by atoms with van der Waals surface area (Å²) in [7, 11) is 1.16. The van der Waals surface area contributed by atoms with Gasteiger partial charge in [-0.3, -0.25) is 14.4 Å². The van der Waals surface area contributed by atoms with Gasteiger partial charge in [-0.25, -0.2) is 13.8 Å². The van der Waals surface area contributed by atoms with Gasteiger partial charge in [-0.1, -0.05) is 23.4 Å². The van der Waals surface area contributed by atoms with Crippen molar-refractivity contribution in [2.45, 2.75) is 6.92 Å². The fourth-order valence-corrected chi connectivity index (χ4v) is 3.64. The molecule has 1 amide bonds. The number of aryl methyl sites for hydroxylation is 1. The lowest BCUT2D eigenvalue weighted by molar-refractivity contribution is -0.141. The molecule has 0 radical (unpaired) electrons. The topological polar surface area (TPSA) is 84.8 Å². The molecule has 0 fully saturated rings. The van der Waals surface area contributed by atoms with Crippen LogP contribution in [0.2, 0.25) is 0 Å². The number of carbonyl (C=O) groups is 3. The Labute approximate surface area is 169 Å². The minimum atomic E-state index is -1.28. The molecule has 29 heavy (non-hydrogen) atoms. The Morgan fingerprint density at radius 2 is 1.97 bits per heavy atom. The van der Waals surface area contributed by atoms with Crippen LogP contribution in [0.3, 0.4) is 0 Å². The van der Waals surface area contributed by atoms with Gasteiger partial charge in [0.25, 0.3) is 0 Å². The fourth-order valence-electron chi connectivity index (χ4n) is 2.76. The third kappa shape index (κ3) is 4.51. The van der Waals surface area contributed by atoms with Gasteiger partial charge in [-0.15, -0.1) is 0 Å². The molecule has 2 aromatic rings. The fraction of sp³-hybridized carbons (Fsp3) is 0.200. The molecule has 1 aliphatic rings. The summed E-state index contributed by atoms with van der Waals surface area (Å²) in [5.74, 6) is -4.93. The number of amides is 1. The Bertz CT molecular complexity index is 1040. The normalized spacial score (nSPS) is 15.4. The van der Waals surface area contributed by atoms with E-state index in [0.29, 0.717) is 11.3 Å². The summed E-state index contributed by atoms with van der Waals surface area (Å²) in [6.45, 7) is 1.81. The van der Waals surface area contributed by atoms with Gasteiger partial charge in [0.05, 0.1) is 29.3 Å². The van der Waals surface area contributed by atoms with Crippen LogP contribution < -0.4 is 5.32 Å². The van der Waals surface area contributed by atoms with Crippen LogP contribution in [0.25, 0.3) is 0 Å². The largest absolute Gasteiger partial charge is 0.468 e. The molecule has 9 heteroatoms. The molecule has 150 valence electrons. The Balaban J connectivity index is 1.81. The van der Waals surface area contributed by atoms with Crippen LogP contribution in [0.4, 0.5) is 20.2 Å². The molecule has 0 saturated carbocycles. The van der Waals surface area contributed by atoms with Crippen molar-refractivity contribution in [3.05, 3.63) is 59.2 Å². The van der Waals surface area contributed by atoms with Crippen molar-refractivity contribution in [1.29, 1.82) is 0 Å². The number of esters is 1. The summed E-state index contributed by atoms with van der Waals surface area (Å²) in [5.41, 5.74) is 1.22. The van der Waals surface area contributed by atoms with Crippen molar-refractivity contribution in [3.8, 4) is 0 Å². The number of hydrogen-bond donors (Lipinski definition) is 1. The molecule has 6 nitrogen and oxygen atoms in total. The molecule has 1 atom stereocenters. The average molecular weight is 418 g/mol. The first-order chi connectivity index (χ1) is 13.8.